The zero-order valence-electron chi connectivity index (χ0n) is 13.8. The molecule has 0 unspecified atom stereocenters. The van der Waals surface area contributed by atoms with Gasteiger partial charge in [-0.25, -0.2) is 4.98 Å². The lowest BCUT2D eigenvalue weighted by molar-refractivity contribution is -0.117. The summed E-state index contributed by atoms with van der Waals surface area (Å²) in [7, 11) is 0. The van der Waals surface area contributed by atoms with E-state index in [-0.39, 0.29) is 12.1 Å². The Bertz CT molecular complexity index is 944. The predicted octanol–water partition coefficient (Wildman–Crippen LogP) is 3.37. The van der Waals surface area contributed by atoms with Crippen LogP contribution in [0.3, 0.4) is 0 Å². The molecule has 0 saturated carbocycles. The van der Waals surface area contributed by atoms with Crippen LogP contribution in [0.2, 0.25) is 0 Å². The zero-order chi connectivity index (χ0) is 17.8. The molecule has 0 aliphatic rings. The standard InChI is InChI=1S/C18H16N4O2S/c1-12-8-14(13(2)22(12)18-20-5-7-25-18)9-15(10-19)17(23)21-11-16-4-3-6-24-16/h3-9H,11H2,1-2H3,(H,21,23)/b15-9+. The van der Waals surface area contributed by atoms with E-state index in [9.17, 15) is 10.1 Å². The lowest BCUT2D eigenvalue weighted by Crippen LogP contribution is -2.23. The van der Waals surface area contributed by atoms with Gasteiger partial charge in [0.25, 0.3) is 5.91 Å². The van der Waals surface area contributed by atoms with Gasteiger partial charge in [-0.1, -0.05) is 0 Å². The molecule has 0 radical (unpaired) electrons. The number of aryl methyl sites for hydroxylation is 1. The Morgan fingerprint density at radius 2 is 2.36 bits per heavy atom. The van der Waals surface area contributed by atoms with E-state index in [1.165, 1.54) is 17.6 Å². The van der Waals surface area contributed by atoms with Crippen molar-refractivity contribution in [3.05, 3.63) is 64.3 Å². The van der Waals surface area contributed by atoms with Gasteiger partial charge < -0.3 is 9.73 Å². The summed E-state index contributed by atoms with van der Waals surface area (Å²) in [4.78, 5) is 16.6. The molecule has 1 amide bonds. The molecule has 0 fully saturated rings. The fraction of sp³-hybridized carbons (Fsp3) is 0.167. The molecule has 0 spiro atoms. The highest BCUT2D eigenvalue weighted by Gasteiger charge is 2.14. The first kappa shape index (κ1) is 16.7. The number of carbonyl (C=O) groups excluding carboxylic acids is 1. The van der Waals surface area contributed by atoms with Crippen molar-refractivity contribution >= 4 is 23.3 Å². The van der Waals surface area contributed by atoms with Gasteiger partial charge in [0.1, 0.15) is 17.4 Å². The van der Waals surface area contributed by atoms with Crippen LogP contribution in [0.1, 0.15) is 22.7 Å². The summed E-state index contributed by atoms with van der Waals surface area (Å²) in [5.74, 6) is 0.200. The molecular formula is C18H16N4O2S. The van der Waals surface area contributed by atoms with Gasteiger partial charge in [-0.2, -0.15) is 5.26 Å². The fourth-order valence-electron chi connectivity index (χ4n) is 2.53. The molecule has 0 aromatic carbocycles. The molecular weight excluding hydrogens is 336 g/mol. The van der Waals surface area contributed by atoms with Crippen LogP contribution in [0.5, 0.6) is 0 Å². The summed E-state index contributed by atoms with van der Waals surface area (Å²) < 4.78 is 7.18. The molecule has 0 aliphatic carbocycles. The third kappa shape index (κ3) is 3.54. The summed E-state index contributed by atoms with van der Waals surface area (Å²) >= 11 is 1.53. The average Bonchev–Trinajstić information content (AvgIpc) is 3.33. The summed E-state index contributed by atoms with van der Waals surface area (Å²) in [5, 5.41) is 14.8. The number of furan rings is 1. The van der Waals surface area contributed by atoms with E-state index in [2.05, 4.69) is 10.3 Å². The normalized spacial score (nSPS) is 11.3. The Morgan fingerprint density at radius 3 is 3.00 bits per heavy atom. The molecule has 1 N–H and O–H groups in total. The maximum atomic E-state index is 12.2. The first-order valence-corrected chi connectivity index (χ1v) is 8.49. The molecule has 0 bridgehead atoms. The molecule has 3 rings (SSSR count). The van der Waals surface area contributed by atoms with Crippen LogP contribution in [-0.2, 0) is 11.3 Å². The molecule has 3 heterocycles. The van der Waals surface area contributed by atoms with Gasteiger partial charge in [-0.3, -0.25) is 9.36 Å². The lowest BCUT2D eigenvalue weighted by atomic mass is 10.1. The smallest absolute Gasteiger partial charge is 0.262 e. The first-order chi connectivity index (χ1) is 12.1. The molecule has 126 valence electrons. The Hall–Kier alpha value is -3.11. The molecule has 6 nitrogen and oxygen atoms in total. The number of hydrogen-bond donors (Lipinski definition) is 1. The van der Waals surface area contributed by atoms with Crippen LogP contribution >= 0.6 is 11.3 Å². The van der Waals surface area contributed by atoms with E-state index in [0.29, 0.717) is 5.76 Å². The second-order valence-electron chi connectivity index (χ2n) is 5.41. The van der Waals surface area contributed by atoms with Crippen molar-refractivity contribution in [3.8, 4) is 11.2 Å². The van der Waals surface area contributed by atoms with Gasteiger partial charge in [0.15, 0.2) is 5.13 Å². The summed E-state index contributed by atoms with van der Waals surface area (Å²) in [6, 6.07) is 7.41. The molecule has 0 saturated heterocycles. The summed E-state index contributed by atoms with van der Waals surface area (Å²) in [5.41, 5.74) is 2.79. The highest BCUT2D eigenvalue weighted by atomic mass is 32.1. The number of nitrogens with one attached hydrogen (secondary N) is 1. The molecule has 0 aliphatic heterocycles. The van der Waals surface area contributed by atoms with Gasteiger partial charge >= 0.3 is 0 Å². The monoisotopic (exact) mass is 352 g/mol. The van der Waals surface area contributed by atoms with Gasteiger partial charge in [-0.05, 0) is 43.7 Å². The summed E-state index contributed by atoms with van der Waals surface area (Å²) in [6.45, 7) is 4.15. The second-order valence-corrected chi connectivity index (χ2v) is 6.28. The number of amides is 1. The van der Waals surface area contributed by atoms with Crippen molar-refractivity contribution in [2.45, 2.75) is 20.4 Å². The van der Waals surface area contributed by atoms with Crippen molar-refractivity contribution in [1.82, 2.24) is 14.9 Å². The van der Waals surface area contributed by atoms with Crippen molar-refractivity contribution < 1.29 is 9.21 Å². The minimum Gasteiger partial charge on any atom is -0.467 e. The third-order valence-electron chi connectivity index (χ3n) is 3.75. The SMILES string of the molecule is Cc1cc(/C=C(\C#N)C(=O)NCc2ccco2)c(C)n1-c1nccs1. The molecule has 25 heavy (non-hydrogen) atoms. The first-order valence-electron chi connectivity index (χ1n) is 7.61. The molecule has 7 heteroatoms. The minimum absolute atomic E-state index is 0.0472. The van der Waals surface area contributed by atoms with Gasteiger partial charge in [0.2, 0.25) is 0 Å². The Balaban J connectivity index is 1.84. The van der Waals surface area contributed by atoms with Crippen LogP contribution in [0, 0.1) is 25.2 Å². The largest absolute Gasteiger partial charge is 0.467 e. The second kappa shape index (κ2) is 7.20. The quantitative estimate of drug-likeness (QED) is 0.564. The average molecular weight is 352 g/mol. The number of nitrogens with zero attached hydrogens (tertiary/aromatic N) is 3. The number of carbonyl (C=O) groups is 1. The number of thiazole rings is 1. The number of nitriles is 1. The fourth-order valence-corrected chi connectivity index (χ4v) is 3.29. The zero-order valence-corrected chi connectivity index (χ0v) is 14.6. The molecule has 0 atom stereocenters. The van der Waals surface area contributed by atoms with Crippen molar-refractivity contribution in [1.29, 1.82) is 5.26 Å². The van der Waals surface area contributed by atoms with Crippen molar-refractivity contribution in [3.63, 3.8) is 0 Å². The highest BCUT2D eigenvalue weighted by molar-refractivity contribution is 7.12. The van der Waals surface area contributed by atoms with E-state index in [1.54, 1.807) is 24.4 Å². The maximum absolute atomic E-state index is 12.2. The Kier molecular flexibility index (Phi) is 4.82. The Morgan fingerprint density at radius 1 is 1.52 bits per heavy atom. The third-order valence-corrected chi connectivity index (χ3v) is 4.51. The van der Waals surface area contributed by atoms with E-state index in [0.717, 1.165) is 22.1 Å². The predicted molar refractivity (Wildman–Crippen MR) is 95.1 cm³/mol. The number of rotatable bonds is 5. The van der Waals surface area contributed by atoms with Crippen LogP contribution < -0.4 is 5.32 Å². The van der Waals surface area contributed by atoms with Crippen molar-refractivity contribution in [2.24, 2.45) is 0 Å². The minimum atomic E-state index is -0.432. The van der Waals surface area contributed by atoms with Gasteiger partial charge in [0, 0.05) is 23.0 Å². The molecule has 3 aromatic heterocycles. The number of aromatic nitrogens is 2. The van der Waals surface area contributed by atoms with E-state index in [4.69, 9.17) is 4.42 Å². The van der Waals surface area contributed by atoms with E-state index in [1.807, 2.05) is 35.9 Å². The van der Waals surface area contributed by atoms with Crippen LogP contribution in [0.4, 0.5) is 0 Å². The van der Waals surface area contributed by atoms with E-state index < -0.39 is 5.91 Å². The van der Waals surface area contributed by atoms with Crippen LogP contribution in [0.25, 0.3) is 11.2 Å². The Labute approximate surface area is 149 Å². The molecule has 3 aromatic rings. The van der Waals surface area contributed by atoms with Crippen molar-refractivity contribution in [2.75, 3.05) is 0 Å². The number of hydrogen-bond acceptors (Lipinski definition) is 5. The topological polar surface area (TPSA) is 83.9 Å². The van der Waals surface area contributed by atoms with Gasteiger partial charge in [-0.15, -0.1) is 11.3 Å². The lowest BCUT2D eigenvalue weighted by Gasteiger charge is -2.05. The van der Waals surface area contributed by atoms with Crippen LogP contribution in [-0.4, -0.2) is 15.5 Å². The summed E-state index contributed by atoms with van der Waals surface area (Å²) in [6.07, 6.45) is 4.89. The van der Waals surface area contributed by atoms with E-state index >= 15 is 0 Å². The maximum Gasteiger partial charge on any atom is 0.262 e. The van der Waals surface area contributed by atoms with Crippen LogP contribution in [0.15, 0.2) is 46.0 Å². The van der Waals surface area contributed by atoms with Gasteiger partial charge in [0.05, 0.1) is 12.8 Å². The highest BCUT2D eigenvalue weighted by Crippen LogP contribution is 2.24.